The first-order chi connectivity index (χ1) is 12.8. The Morgan fingerprint density at radius 2 is 1.67 bits per heavy atom. The van der Waals surface area contributed by atoms with Crippen molar-refractivity contribution in [1.82, 2.24) is 0 Å². The van der Waals surface area contributed by atoms with Crippen LogP contribution in [-0.4, -0.2) is 39.1 Å². The zero-order valence-electron chi connectivity index (χ0n) is 14.3. The first kappa shape index (κ1) is 19.1. The Morgan fingerprint density at radius 1 is 1.07 bits per heavy atom. The van der Waals surface area contributed by atoms with Gasteiger partial charge in [-0.15, -0.1) is 0 Å². The number of nitrogens with zero attached hydrogens (tertiary/aromatic N) is 1. The number of sulfone groups is 1. The standard InChI is InChI=1S/C18H18F2N2O4S/c19-15-10-14(21-18(23)26-12-13-4-2-1-3-5-13)11-16(20)17(15)22-6-8-27(24,25)9-7-22/h1-5,10-11H,6-9,12H2,(H,21,23). The predicted octanol–water partition coefficient (Wildman–Crippen LogP) is 2.95. The highest BCUT2D eigenvalue weighted by atomic mass is 32.2. The highest BCUT2D eigenvalue weighted by Gasteiger charge is 2.26. The van der Waals surface area contributed by atoms with E-state index in [1.54, 1.807) is 24.3 Å². The molecule has 0 unspecified atom stereocenters. The molecule has 0 radical (unpaired) electrons. The van der Waals surface area contributed by atoms with E-state index in [1.807, 2.05) is 6.07 Å². The minimum absolute atomic E-state index is 0.0159. The number of hydrogen-bond donors (Lipinski definition) is 1. The summed E-state index contributed by atoms with van der Waals surface area (Å²) >= 11 is 0. The molecule has 1 fully saturated rings. The number of halogens is 2. The van der Waals surface area contributed by atoms with Crippen molar-refractivity contribution in [1.29, 1.82) is 0 Å². The number of ether oxygens (including phenoxy) is 1. The molecule has 1 saturated heterocycles. The summed E-state index contributed by atoms with van der Waals surface area (Å²) in [6.07, 6.45) is -0.838. The Hall–Kier alpha value is -2.68. The Morgan fingerprint density at radius 3 is 2.26 bits per heavy atom. The minimum atomic E-state index is -3.16. The van der Waals surface area contributed by atoms with Gasteiger partial charge in [0, 0.05) is 18.8 Å². The molecule has 2 aromatic rings. The number of benzene rings is 2. The Labute approximate surface area is 155 Å². The van der Waals surface area contributed by atoms with E-state index in [0.29, 0.717) is 0 Å². The maximum atomic E-state index is 14.4. The first-order valence-electron chi connectivity index (χ1n) is 8.26. The molecule has 1 amide bonds. The van der Waals surface area contributed by atoms with Crippen molar-refractivity contribution in [2.45, 2.75) is 6.61 Å². The summed E-state index contributed by atoms with van der Waals surface area (Å²) in [6.45, 7) is 0.0576. The fourth-order valence-corrected chi connectivity index (χ4v) is 3.95. The summed E-state index contributed by atoms with van der Waals surface area (Å²) in [4.78, 5) is 13.2. The van der Waals surface area contributed by atoms with E-state index in [9.17, 15) is 22.0 Å². The second-order valence-corrected chi connectivity index (χ2v) is 8.42. The second-order valence-electron chi connectivity index (χ2n) is 6.11. The van der Waals surface area contributed by atoms with Gasteiger partial charge in [-0.3, -0.25) is 5.32 Å². The van der Waals surface area contributed by atoms with E-state index in [0.717, 1.165) is 17.7 Å². The van der Waals surface area contributed by atoms with Crippen LogP contribution >= 0.6 is 0 Å². The molecule has 1 aliphatic heterocycles. The Kier molecular flexibility index (Phi) is 5.59. The van der Waals surface area contributed by atoms with Crippen LogP contribution in [-0.2, 0) is 21.2 Å². The van der Waals surface area contributed by atoms with Crippen molar-refractivity contribution < 1.29 is 26.7 Å². The lowest BCUT2D eigenvalue weighted by Crippen LogP contribution is -2.41. The molecule has 0 saturated carbocycles. The monoisotopic (exact) mass is 396 g/mol. The van der Waals surface area contributed by atoms with Crippen molar-refractivity contribution in [3.05, 3.63) is 59.7 Å². The maximum Gasteiger partial charge on any atom is 0.411 e. The van der Waals surface area contributed by atoms with Crippen molar-refractivity contribution in [3.63, 3.8) is 0 Å². The molecule has 27 heavy (non-hydrogen) atoms. The van der Waals surface area contributed by atoms with Gasteiger partial charge < -0.3 is 9.64 Å². The number of rotatable bonds is 4. The lowest BCUT2D eigenvalue weighted by Gasteiger charge is -2.29. The summed E-state index contributed by atoms with van der Waals surface area (Å²) < 4.78 is 56.7. The summed E-state index contributed by atoms with van der Waals surface area (Å²) in [5, 5.41) is 2.28. The van der Waals surface area contributed by atoms with E-state index < -0.39 is 27.6 Å². The van der Waals surface area contributed by atoms with Gasteiger partial charge in [0.05, 0.1) is 11.5 Å². The lowest BCUT2D eigenvalue weighted by molar-refractivity contribution is 0.155. The third-order valence-corrected chi connectivity index (χ3v) is 5.75. The summed E-state index contributed by atoms with van der Waals surface area (Å²) in [7, 11) is -3.16. The van der Waals surface area contributed by atoms with Crippen LogP contribution in [0.1, 0.15) is 5.56 Å². The fourth-order valence-electron chi connectivity index (χ4n) is 2.75. The van der Waals surface area contributed by atoms with Gasteiger partial charge >= 0.3 is 6.09 Å². The molecule has 0 aromatic heterocycles. The van der Waals surface area contributed by atoms with E-state index in [4.69, 9.17) is 4.74 Å². The van der Waals surface area contributed by atoms with Crippen LogP contribution in [0.3, 0.4) is 0 Å². The van der Waals surface area contributed by atoms with Crippen molar-refractivity contribution in [2.75, 3.05) is 34.8 Å². The number of nitrogens with one attached hydrogen (secondary N) is 1. The molecule has 1 heterocycles. The number of anilines is 2. The molecular formula is C18H18F2N2O4S. The molecule has 3 rings (SSSR count). The Bertz CT molecular complexity index is 899. The molecule has 6 nitrogen and oxygen atoms in total. The van der Waals surface area contributed by atoms with E-state index in [-0.39, 0.29) is 42.6 Å². The number of carbonyl (C=O) groups is 1. The molecule has 0 bridgehead atoms. The van der Waals surface area contributed by atoms with E-state index >= 15 is 0 Å². The topological polar surface area (TPSA) is 75.7 Å². The molecule has 9 heteroatoms. The summed E-state index contributed by atoms with van der Waals surface area (Å²) in [5.41, 5.74) is 0.393. The highest BCUT2D eigenvalue weighted by Crippen LogP contribution is 2.28. The molecule has 1 N–H and O–H groups in total. The van der Waals surface area contributed by atoms with E-state index in [2.05, 4.69) is 5.32 Å². The van der Waals surface area contributed by atoms with Gasteiger partial charge in [-0.2, -0.15) is 0 Å². The van der Waals surface area contributed by atoms with Gasteiger partial charge in [-0.05, 0) is 17.7 Å². The van der Waals surface area contributed by atoms with Crippen LogP contribution in [0.2, 0.25) is 0 Å². The number of carbonyl (C=O) groups excluding carboxylic acids is 1. The van der Waals surface area contributed by atoms with Gasteiger partial charge in [0.2, 0.25) is 0 Å². The molecule has 144 valence electrons. The second kappa shape index (κ2) is 7.91. The van der Waals surface area contributed by atoms with Crippen LogP contribution in [0, 0.1) is 11.6 Å². The van der Waals surface area contributed by atoms with Crippen LogP contribution < -0.4 is 10.2 Å². The van der Waals surface area contributed by atoms with Crippen LogP contribution in [0.15, 0.2) is 42.5 Å². The number of amides is 1. The molecule has 0 atom stereocenters. The van der Waals surface area contributed by atoms with Crippen molar-refractivity contribution >= 4 is 27.3 Å². The minimum Gasteiger partial charge on any atom is -0.444 e. The highest BCUT2D eigenvalue weighted by molar-refractivity contribution is 7.91. The SMILES string of the molecule is O=C(Nc1cc(F)c(N2CCS(=O)(=O)CC2)c(F)c1)OCc1ccccc1. The van der Waals surface area contributed by atoms with Crippen molar-refractivity contribution in [3.8, 4) is 0 Å². The van der Waals surface area contributed by atoms with Gasteiger partial charge in [-0.1, -0.05) is 30.3 Å². The zero-order valence-corrected chi connectivity index (χ0v) is 15.1. The van der Waals surface area contributed by atoms with Crippen LogP contribution in [0.4, 0.5) is 25.0 Å². The largest absolute Gasteiger partial charge is 0.444 e. The first-order valence-corrected chi connectivity index (χ1v) is 10.1. The molecule has 2 aromatic carbocycles. The zero-order chi connectivity index (χ0) is 19.4. The lowest BCUT2D eigenvalue weighted by atomic mass is 10.2. The third kappa shape index (κ3) is 4.94. The van der Waals surface area contributed by atoms with Crippen molar-refractivity contribution in [2.24, 2.45) is 0 Å². The quantitative estimate of drug-likeness (QED) is 0.860. The average Bonchev–Trinajstić information content (AvgIpc) is 2.61. The normalized spacial score (nSPS) is 16.0. The smallest absolute Gasteiger partial charge is 0.411 e. The van der Waals surface area contributed by atoms with Gasteiger partial charge in [0.15, 0.2) is 21.5 Å². The molecular weight excluding hydrogens is 378 g/mol. The fraction of sp³-hybridized carbons (Fsp3) is 0.278. The Balaban J connectivity index is 1.65. The molecule has 0 spiro atoms. The third-order valence-electron chi connectivity index (χ3n) is 4.14. The molecule has 1 aliphatic rings. The van der Waals surface area contributed by atoms with Gasteiger partial charge in [-0.25, -0.2) is 22.0 Å². The predicted molar refractivity (Wildman–Crippen MR) is 97.5 cm³/mol. The molecule has 0 aliphatic carbocycles. The maximum absolute atomic E-state index is 14.4. The van der Waals surface area contributed by atoms with Gasteiger partial charge in [0.1, 0.15) is 12.3 Å². The summed E-state index contributed by atoms with van der Waals surface area (Å²) in [5.74, 6) is -2.07. The van der Waals surface area contributed by atoms with Crippen LogP contribution in [0.25, 0.3) is 0 Å². The van der Waals surface area contributed by atoms with Crippen LogP contribution in [0.5, 0.6) is 0 Å². The van der Waals surface area contributed by atoms with Gasteiger partial charge in [0.25, 0.3) is 0 Å². The summed E-state index contributed by atoms with van der Waals surface area (Å²) in [6, 6.07) is 10.9. The number of hydrogen-bond acceptors (Lipinski definition) is 5. The average molecular weight is 396 g/mol. The van der Waals surface area contributed by atoms with E-state index in [1.165, 1.54) is 4.90 Å².